The van der Waals surface area contributed by atoms with Crippen LogP contribution in [0.25, 0.3) is 0 Å². The molecule has 8 nitrogen and oxygen atoms in total. The Bertz CT molecular complexity index is 582. The van der Waals surface area contributed by atoms with E-state index in [2.05, 4.69) is 0 Å². The summed E-state index contributed by atoms with van der Waals surface area (Å²) >= 11 is 0. The summed E-state index contributed by atoms with van der Waals surface area (Å²) in [5.41, 5.74) is 0.859. The van der Waals surface area contributed by atoms with E-state index in [1.165, 1.54) is 4.90 Å². The van der Waals surface area contributed by atoms with Gasteiger partial charge in [-0.15, -0.1) is 0 Å². The van der Waals surface area contributed by atoms with E-state index in [0.717, 1.165) is 0 Å². The highest BCUT2D eigenvalue weighted by molar-refractivity contribution is 6.21. The molecule has 1 heterocycles. The van der Waals surface area contributed by atoms with Crippen molar-refractivity contribution in [3.05, 3.63) is 35.4 Å². The zero-order valence-electron chi connectivity index (χ0n) is 13.8. The van der Waals surface area contributed by atoms with E-state index >= 15 is 0 Å². The zero-order valence-corrected chi connectivity index (χ0v) is 13.8. The lowest BCUT2D eigenvalue weighted by Crippen LogP contribution is -2.33. The molecule has 1 aliphatic rings. The summed E-state index contributed by atoms with van der Waals surface area (Å²) in [4.78, 5) is 35.7. The van der Waals surface area contributed by atoms with Crippen molar-refractivity contribution >= 4 is 17.8 Å². The molecule has 1 aromatic carbocycles. The Labute approximate surface area is 145 Å². The minimum atomic E-state index is -0.896. The predicted molar refractivity (Wildman–Crippen MR) is 86.5 cm³/mol. The molecule has 0 radical (unpaired) electrons. The quantitative estimate of drug-likeness (QED) is 0.439. The Morgan fingerprint density at radius 2 is 1.32 bits per heavy atom. The molecule has 136 valence electrons. The molecular formula is C17H21NO7. The van der Waals surface area contributed by atoms with Crippen molar-refractivity contribution in [2.45, 2.75) is 6.42 Å². The minimum Gasteiger partial charge on any atom is -0.481 e. The first-order valence-electron chi connectivity index (χ1n) is 8.01. The van der Waals surface area contributed by atoms with Gasteiger partial charge in [0.15, 0.2) is 0 Å². The number of hydrogen-bond acceptors (Lipinski definition) is 6. The molecule has 25 heavy (non-hydrogen) atoms. The van der Waals surface area contributed by atoms with Gasteiger partial charge in [0.05, 0.1) is 63.7 Å². The van der Waals surface area contributed by atoms with Crippen molar-refractivity contribution < 1.29 is 33.7 Å². The summed E-state index contributed by atoms with van der Waals surface area (Å²) in [6.07, 6.45) is -0.0269. The number of carboxylic acid groups (broad SMARTS) is 1. The fraction of sp³-hybridized carbons (Fsp3) is 0.471. The second-order valence-corrected chi connectivity index (χ2v) is 5.29. The van der Waals surface area contributed by atoms with Gasteiger partial charge in [0.2, 0.25) is 0 Å². The van der Waals surface area contributed by atoms with Gasteiger partial charge >= 0.3 is 5.97 Å². The van der Waals surface area contributed by atoms with E-state index in [0.29, 0.717) is 37.6 Å². The standard InChI is InChI=1S/C17H21NO7/c19-15(20)5-7-23-9-11-25-12-10-24-8-6-18-16(21)13-3-1-2-4-14(13)17(18)22/h1-4H,5-12H2,(H,19,20). The van der Waals surface area contributed by atoms with Crippen molar-refractivity contribution in [2.24, 2.45) is 0 Å². The molecule has 1 N–H and O–H groups in total. The summed E-state index contributed by atoms with van der Waals surface area (Å²) < 4.78 is 15.7. The van der Waals surface area contributed by atoms with Gasteiger partial charge in [0, 0.05) is 0 Å². The van der Waals surface area contributed by atoms with Gasteiger partial charge in [-0.3, -0.25) is 19.3 Å². The summed E-state index contributed by atoms with van der Waals surface area (Å²) in [5, 5.41) is 8.43. The number of ether oxygens (including phenoxy) is 3. The van der Waals surface area contributed by atoms with Crippen LogP contribution in [0, 0.1) is 0 Å². The van der Waals surface area contributed by atoms with E-state index in [9.17, 15) is 14.4 Å². The summed E-state index contributed by atoms with van der Waals surface area (Å²) in [7, 11) is 0. The smallest absolute Gasteiger partial charge is 0.305 e. The van der Waals surface area contributed by atoms with E-state index in [1.54, 1.807) is 24.3 Å². The number of hydrogen-bond donors (Lipinski definition) is 1. The van der Waals surface area contributed by atoms with E-state index < -0.39 is 5.97 Å². The summed E-state index contributed by atoms with van der Waals surface area (Å²) in [6.45, 7) is 1.95. The van der Waals surface area contributed by atoms with Gasteiger partial charge in [-0.1, -0.05) is 12.1 Å². The van der Waals surface area contributed by atoms with Gasteiger partial charge in [-0.2, -0.15) is 0 Å². The van der Waals surface area contributed by atoms with Crippen LogP contribution < -0.4 is 0 Å². The lowest BCUT2D eigenvalue weighted by atomic mass is 10.1. The molecule has 0 saturated heterocycles. The molecule has 1 aliphatic heterocycles. The second-order valence-electron chi connectivity index (χ2n) is 5.29. The molecule has 8 heteroatoms. The number of fused-ring (bicyclic) bond motifs is 1. The van der Waals surface area contributed by atoms with Crippen LogP contribution in [-0.2, 0) is 19.0 Å². The monoisotopic (exact) mass is 351 g/mol. The number of benzene rings is 1. The Morgan fingerprint density at radius 3 is 1.84 bits per heavy atom. The maximum Gasteiger partial charge on any atom is 0.305 e. The highest BCUT2D eigenvalue weighted by Gasteiger charge is 2.34. The van der Waals surface area contributed by atoms with E-state index in [1.807, 2.05) is 0 Å². The van der Waals surface area contributed by atoms with Gasteiger partial charge in [0.1, 0.15) is 0 Å². The van der Waals surface area contributed by atoms with Gasteiger partial charge in [0.25, 0.3) is 11.8 Å². The number of carboxylic acids is 1. The fourth-order valence-electron chi connectivity index (χ4n) is 2.30. The highest BCUT2D eigenvalue weighted by Crippen LogP contribution is 2.21. The number of aliphatic carboxylic acids is 1. The van der Waals surface area contributed by atoms with Crippen LogP contribution in [0.3, 0.4) is 0 Å². The lowest BCUT2D eigenvalue weighted by molar-refractivity contribution is -0.138. The van der Waals surface area contributed by atoms with Crippen LogP contribution in [0.1, 0.15) is 27.1 Å². The van der Waals surface area contributed by atoms with Crippen LogP contribution in [0.15, 0.2) is 24.3 Å². The number of amides is 2. The predicted octanol–water partition coefficient (Wildman–Crippen LogP) is 0.807. The Hall–Kier alpha value is -2.29. The molecule has 0 unspecified atom stereocenters. The number of carbonyl (C=O) groups is 3. The molecule has 2 amide bonds. The van der Waals surface area contributed by atoms with E-state index in [-0.39, 0.29) is 38.0 Å². The first kappa shape index (κ1) is 19.0. The normalized spacial score (nSPS) is 13.4. The third-order valence-electron chi connectivity index (χ3n) is 3.54. The van der Waals surface area contributed by atoms with Crippen LogP contribution in [0.4, 0.5) is 0 Å². The van der Waals surface area contributed by atoms with Crippen molar-refractivity contribution in [1.29, 1.82) is 0 Å². The first-order valence-corrected chi connectivity index (χ1v) is 8.01. The topological polar surface area (TPSA) is 102 Å². The Balaban J connectivity index is 1.51. The Morgan fingerprint density at radius 1 is 0.840 bits per heavy atom. The maximum absolute atomic E-state index is 12.1. The third kappa shape index (κ3) is 5.63. The molecule has 0 atom stereocenters. The van der Waals surface area contributed by atoms with Gasteiger partial charge in [-0.05, 0) is 12.1 Å². The number of imide groups is 1. The summed E-state index contributed by atoms with van der Waals surface area (Å²) in [5.74, 6) is -1.48. The van der Waals surface area contributed by atoms with Gasteiger partial charge in [-0.25, -0.2) is 0 Å². The molecule has 2 rings (SSSR count). The second kappa shape index (κ2) is 9.87. The maximum atomic E-state index is 12.1. The van der Waals surface area contributed by atoms with Crippen molar-refractivity contribution in [1.82, 2.24) is 4.90 Å². The van der Waals surface area contributed by atoms with Crippen LogP contribution in [-0.4, -0.2) is 74.0 Å². The molecular weight excluding hydrogens is 330 g/mol. The molecule has 1 aromatic rings. The van der Waals surface area contributed by atoms with Crippen LogP contribution >= 0.6 is 0 Å². The van der Waals surface area contributed by atoms with Crippen LogP contribution in [0.2, 0.25) is 0 Å². The average molecular weight is 351 g/mol. The first-order chi connectivity index (χ1) is 12.1. The SMILES string of the molecule is O=C(O)CCOCCOCCOCCN1C(=O)c2ccccc2C1=O. The average Bonchev–Trinajstić information content (AvgIpc) is 2.84. The fourth-order valence-corrected chi connectivity index (χ4v) is 2.30. The Kier molecular flexibility index (Phi) is 7.52. The molecule has 0 aliphatic carbocycles. The van der Waals surface area contributed by atoms with E-state index in [4.69, 9.17) is 19.3 Å². The molecule has 0 fully saturated rings. The summed E-state index contributed by atoms with van der Waals surface area (Å²) in [6, 6.07) is 6.74. The molecule has 0 saturated carbocycles. The van der Waals surface area contributed by atoms with Crippen molar-refractivity contribution in [3.8, 4) is 0 Å². The van der Waals surface area contributed by atoms with Crippen molar-refractivity contribution in [2.75, 3.05) is 46.2 Å². The highest BCUT2D eigenvalue weighted by atomic mass is 16.5. The number of rotatable bonds is 12. The molecule has 0 aromatic heterocycles. The largest absolute Gasteiger partial charge is 0.481 e. The number of carbonyl (C=O) groups excluding carboxylic acids is 2. The van der Waals surface area contributed by atoms with Crippen LogP contribution in [0.5, 0.6) is 0 Å². The third-order valence-corrected chi connectivity index (χ3v) is 3.54. The zero-order chi connectivity index (χ0) is 18.1. The minimum absolute atomic E-state index is 0.0269. The lowest BCUT2D eigenvalue weighted by Gasteiger charge is -2.13. The number of nitrogens with zero attached hydrogens (tertiary/aromatic N) is 1. The molecule has 0 spiro atoms. The molecule has 0 bridgehead atoms. The van der Waals surface area contributed by atoms with Gasteiger partial charge < -0.3 is 19.3 Å². The van der Waals surface area contributed by atoms with Crippen molar-refractivity contribution in [3.63, 3.8) is 0 Å².